The molecule has 1 N–H and O–H groups in total. The first-order valence-electron chi connectivity index (χ1n) is 7.08. The van der Waals surface area contributed by atoms with Gasteiger partial charge in [-0.15, -0.1) is 0 Å². The summed E-state index contributed by atoms with van der Waals surface area (Å²) >= 11 is 12.0. The van der Waals surface area contributed by atoms with Crippen molar-refractivity contribution in [2.45, 2.75) is 12.3 Å². The van der Waals surface area contributed by atoms with Crippen LogP contribution in [-0.2, 0) is 0 Å². The van der Waals surface area contributed by atoms with Gasteiger partial charge in [-0.05, 0) is 42.3 Å². The van der Waals surface area contributed by atoms with Crippen LogP contribution in [0.25, 0.3) is 0 Å². The molecule has 5 heteroatoms. The van der Waals surface area contributed by atoms with Gasteiger partial charge in [0, 0.05) is 29.7 Å². The number of benzene rings is 2. The third-order valence-corrected chi connectivity index (χ3v) is 4.64. The second kappa shape index (κ2) is 6.19. The van der Waals surface area contributed by atoms with Crippen LogP contribution in [0, 0.1) is 0 Å². The highest BCUT2D eigenvalue weighted by molar-refractivity contribution is 6.33. The molecule has 0 aliphatic carbocycles. The fraction of sp³-hybridized carbons (Fsp3) is 0.235. The van der Waals surface area contributed by atoms with Gasteiger partial charge in [-0.2, -0.15) is 0 Å². The van der Waals surface area contributed by atoms with E-state index in [9.17, 15) is 4.79 Å². The molecule has 0 spiro atoms. The Morgan fingerprint density at radius 1 is 1.14 bits per heavy atom. The summed E-state index contributed by atoms with van der Waals surface area (Å²) in [5, 5.41) is 10.0. The molecule has 1 atom stereocenters. The van der Waals surface area contributed by atoms with Crippen molar-refractivity contribution in [3.05, 3.63) is 63.6 Å². The van der Waals surface area contributed by atoms with Crippen molar-refractivity contribution in [2.75, 3.05) is 18.0 Å². The van der Waals surface area contributed by atoms with Gasteiger partial charge >= 0.3 is 5.97 Å². The Morgan fingerprint density at radius 2 is 1.86 bits per heavy atom. The average Bonchev–Trinajstić information content (AvgIpc) is 2.97. The summed E-state index contributed by atoms with van der Waals surface area (Å²) in [7, 11) is 0. The van der Waals surface area contributed by atoms with Crippen molar-refractivity contribution >= 4 is 34.9 Å². The van der Waals surface area contributed by atoms with E-state index in [1.165, 1.54) is 5.56 Å². The van der Waals surface area contributed by atoms with Crippen LogP contribution in [-0.4, -0.2) is 24.2 Å². The molecule has 2 aromatic carbocycles. The van der Waals surface area contributed by atoms with Crippen molar-refractivity contribution in [2.24, 2.45) is 0 Å². The Balaban J connectivity index is 1.76. The number of carbonyl (C=O) groups is 1. The topological polar surface area (TPSA) is 40.5 Å². The molecule has 0 radical (unpaired) electrons. The lowest BCUT2D eigenvalue weighted by molar-refractivity contribution is 0.0697. The monoisotopic (exact) mass is 335 g/mol. The standard InChI is InChI=1S/C17H15Cl2NO2/c18-13-3-1-11(2-4-13)12-7-8-20(10-12)14-5-6-15(17(21)22)16(19)9-14/h1-6,9,12H,7-8,10H2,(H,21,22). The normalized spacial score (nSPS) is 17.7. The van der Waals surface area contributed by atoms with Gasteiger partial charge in [-0.25, -0.2) is 4.79 Å². The quantitative estimate of drug-likeness (QED) is 0.884. The summed E-state index contributed by atoms with van der Waals surface area (Å²) in [6, 6.07) is 13.1. The smallest absolute Gasteiger partial charge is 0.337 e. The van der Waals surface area contributed by atoms with E-state index in [0.717, 1.165) is 30.2 Å². The number of carboxylic acids is 1. The SMILES string of the molecule is O=C(O)c1ccc(N2CCC(c3ccc(Cl)cc3)C2)cc1Cl. The summed E-state index contributed by atoms with van der Waals surface area (Å²) in [4.78, 5) is 13.2. The number of carboxylic acid groups (broad SMARTS) is 1. The molecule has 1 unspecified atom stereocenters. The van der Waals surface area contributed by atoms with Gasteiger partial charge in [0.05, 0.1) is 10.6 Å². The zero-order valence-electron chi connectivity index (χ0n) is 11.8. The van der Waals surface area contributed by atoms with E-state index in [4.69, 9.17) is 28.3 Å². The van der Waals surface area contributed by atoms with Crippen molar-refractivity contribution in [1.82, 2.24) is 0 Å². The summed E-state index contributed by atoms with van der Waals surface area (Å²) in [5.74, 6) is -0.549. The lowest BCUT2D eigenvalue weighted by Crippen LogP contribution is -2.19. The lowest BCUT2D eigenvalue weighted by atomic mass is 9.99. The van der Waals surface area contributed by atoms with E-state index in [1.807, 2.05) is 18.2 Å². The Labute approximate surface area is 139 Å². The van der Waals surface area contributed by atoms with Crippen LogP contribution in [0.2, 0.25) is 10.0 Å². The largest absolute Gasteiger partial charge is 0.478 e. The third-order valence-electron chi connectivity index (χ3n) is 4.08. The number of rotatable bonds is 3. The fourth-order valence-electron chi connectivity index (χ4n) is 2.88. The van der Waals surface area contributed by atoms with Crippen molar-refractivity contribution in [3.8, 4) is 0 Å². The van der Waals surface area contributed by atoms with Crippen molar-refractivity contribution in [3.63, 3.8) is 0 Å². The highest BCUT2D eigenvalue weighted by atomic mass is 35.5. The van der Waals surface area contributed by atoms with E-state index >= 15 is 0 Å². The Bertz CT molecular complexity index is 700. The van der Waals surface area contributed by atoms with E-state index in [1.54, 1.807) is 12.1 Å². The molecule has 0 saturated carbocycles. The van der Waals surface area contributed by atoms with Crippen LogP contribution >= 0.6 is 23.2 Å². The van der Waals surface area contributed by atoms with Crippen LogP contribution in [0.5, 0.6) is 0 Å². The van der Waals surface area contributed by atoms with Crippen molar-refractivity contribution in [1.29, 1.82) is 0 Å². The van der Waals surface area contributed by atoms with Gasteiger partial charge in [0.15, 0.2) is 0 Å². The summed E-state index contributed by atoms with van der Waals surface area (Å²) < 4.78 is 0. The second-order valence-corrected chi connectivity index (χ2v) is 6.30. The molecule has 3 nitrogen and oxygen atoms in total. The summed E-state index contributed by atoms with van der Waals surface area (Å²) in [6.07, 6.45) is 1.06. The lowest BCUT2D eigenvalue weighted by Gasteiger charge is -2.19. The molecule has 1 fully saturated rings. The molecule has 1 heterocycles. The van der Waals surface area contributed by atoms with Gasteiger partial charge in [0.1, 0.15) is 0 Å². The molecule has 1 aliphatic rings. The van der Waals surface area contributed by atoms with Crippen LogP contribution in [0.15, 0.2) is 42.5 Å². The molecule has 1 saturated heterocycles. The molecule has 3 rings (SSSR count). The van der Waals surface area contributed by atoms with Gasteiger partial charge < -0.3 is 10.0 Å². The molecule has 0 aromatic heterocycles. The van der Waals surface area contributed by atoms with Gasteiger partial charge in [-0.1, -0.05) is 35.3 Å². The zero-order valence-corrected chi connectivity index (χ0v) is 13.3. The number of nitrogens with zero attached hydrogens (tertiary/aromatic N) is 1. The number of aromatic carboxylic acids is 1. The summed E-state index contributed by atoms with van der Waals surface area (Å²) in [5.41, 5.74) is 2.38. The number of hydrogen-bond donors (Lipinski definition) is 1. The van der Waals surface area contributed by atoms with Crippen LogP contribution in [0.3, 0.4) is 0 Å². The highest BCUT2D eigenvalue weighted by Crippen LogP contribution is 2.33. The molecule has 0 bridgehead atoms. The third kappa shape index (κ3) is 3.06. The van der Waals surface area contributed by atoms with E-state index < -0.39 is 5.97 Å². The minimum atomic E-state index is -1.00. The molecule has 0 amide bonds. The average molecular weight is 336 g/mol. The van der Waals surface area contributed by atoms with Gasteiger partial charge in [0.25, 0.3) is 0 Å². The zero-order chi connectivity index (χ0) is 15.7. The maximum absolute atomic E-state index is 11.0. The minimum Gasteiger partial charge on any atom is -0.478 e. The highest BCUT2D eigenvalue weighted by Gasteiger charge is 2.24. The van der Waals surface area contributed by atoms with Crippen LogP contribution < -0.4 is 4.90 Å². The van der Waals surface area contributed by atoms with Crippen LogP contribution in [0.4, 0.5) is 5.69 Å². The van der Waals surface area contributed by atoms with Gasteiger partial charge in [0.2, 0.25) is 0 Å². The maximum Gasteiger partial charge on any atom is 0.337 e. The van der Waals surface area contributed by atoms with E-state index in [-0.39, 0.29) is 10.6 Å². The molecular weight excluding hydrogens is 321 g/mol. The number of anilines is 1. The van der Waals surface area contributed by atoms with E-state index in [2.05, 4.69) is 17.0 Å². The van der Waals surface area contributed by atoms with Crippen LogP contribution in [0.1, 0.15) is 28.3 Å². The Kier molecular flexibility index (Phi) is 4.27. The van der Waals surface area contributed by atoms with Crippen molar-refractivity contribution < 1.29 is 9.90 Å². The molecule has 2 aromatic rings. The van der Waals surface area contributed by atoms with Gasteiger partial charge in [-0.3, -0.25) is 0 Å². The first-order valence-corrected chi connectivity index (χ1v) is 7.83. The van der Waals surface area contributed by atoms with E-state index in [0.29, 0.717) is 5.92 Å². The molecule has 1 aliphatic heterocycles. The Hall–Kier alpha value is -1.71. The number of halogens is 2. The number of hydrogen-bond acceptors (Lipinski definition) is 2. The molecular formula is C17H15Cl2NO2. The minimum absolute atomic E-state index is 0.138. The Morgan fingerprint density at radius 3 is 2.50 bits per heavy atom. The molecule has 114 valence electrons. The first-order chi connectivity index (χ1) is 10.5. The molecule has 22 heavy (non-hydrogen) atoms. The predicted octanol–water partition coefficient (Wildman–Crippen LogP) is 4.69. The fourth-order valence-corrected chi connectivity index (χ4v) is 3.26. The predicted molar refractivity (Wildman–Crippen MR) is 89.4 cm³/mol. The summed E-state index contributed by atoms with van der Waals surface area (Å²) in [6.45, 7) is 1.82. The second-order valence-electron chi connectivity index (χ2n) is 5.45. The first kappa shape index (κ1) is 15.2. The maximum atomic E-state index is 11.0.